The standard InChI is InChI=1S/C33H65O10P/c1-3-5-7-9-10-11-12-13-14-15-16-17-18-19-20-21-23-25-33(37)43-31(27-35)29-41-44(38,39)40-28-30(26-34)42-32(36)24-22-8-6-4-2/h30-31,34-35H,3-29H2,1-2H3,(H,38,39). The van der Waals surface area contributed by atoms with Crippen LogP contribution in [0.3, 0.4) is 0 Å². The molecule has 11 heteroatoms. The van der Waals surface area contributed by atoms with E-state index in [2.05, 4.69) is 13.8 Å². The Balaban J connectivity index is 3.87. The molecule has 0 radical (unpaired) electrons. The lowest BCUT2D eigenvalue weighted by atomic mass is 10.0. The summed E-state index contributed by atoms with van der Waals surface area (Å²) in [5.74, 6) is -1.03. The van der Waals surface area contributed by atoms with E-state index in [1.54, 1.807) is 0 Å². The number of unbranched alkanes of at least 4 members (excludes halogenated alkanes) is 19. The Morgan fingerprint density at radius 3 is 1.09 bits per heavy atom. The summed E-state index contributed by atoms with van der Waals surface area (Å²) in [7, 11) is -4.60. The highest BCUT2D eigenvalue weighted by atomic mass is 31.2. The maximum Gasteiger partial charge on any atom is 0.472 e. The van der Waals surface area contributed by atoms with E-state index in [9.17, 15) is 29.3 Å². The van der Waals surface area contributed by atoms with Crippen LogP contribution in [-0.4, -0.2) is 65.7 Å². The minimum Gasteiger partial charge on any atom is -0.457 e. The minimum atomic E-state index is -4.60. The van der Waals surface area contributed by atoms with E-state index < -0.39 is 58.4 Å². The summed E-state index contributed by atoms with van der Waals surface area (Å²) in [6.07, 6.45) is 23.0. The van der Waals surface area contributed by atoms with E-state index in [4.69, 9.17) is 18.5 Å². The summed E-state index contributed by atoms with van der Waals surface area (Å²) in [5.41, 5.74) is 0. The molecule has 0 saturated heterocycles. The average molecular weight is 653 g/mol. The Morgan fingerprint density at radius 2 is 0.795 bits per heavy atom. The van der Waals surface area contributed by atoms with Gasteiger partial charge in [0.15, 0.2) is 0 Å². The molecule has 0 heterocycles. The van der Waals surface area contributed by atoms with Crippen LogP contribution >= 0.6 is 7.82 Å². The van der Waals surface area contributed by atoms with Crippen molar-refractivity contribution in [2.45, 2.75) is 174 Å². The van der Waals surface area contributed by atoms with E-state index in [0.29, 0.717) is 12.8 Å². The zero-order chi connectivity index (χ0) is 32.7. The van der Waals surface area contributed by atoms with Gasteiger partial charge in [0, 0.05) is 12.8 Å². The number of carbonyl (C=O) groups excluding carboxylic acids is 2. The van der Waals surface area contributed by atoms with Crippen LogP contribution in [0.4, 0.5) is 0 Å². The third-order valence-corrected chi connectivity index (χ3v) is 8.52. The number of phosphoric acid groups is 1. The predicted molar refractivity (Wildman–Crippen MR) is 173 cm³/mol. The van der Waals surface area contributed by atoms with Gasteiger partial charge in [-0.25, -0.2) is 4.57 Å². The molecule has 3 atom stereocenters. The van der Waals surface area contributed by atoms with E-state index in [-0.39, 0.29) is 12.8 Å². The van der Waals surface area contributed by atoms with Crippen LogP contribution in [0.15, 0.2) is 0 Å². The highest BCUT2D eigenvalue weighted by Gasteiger charge is 2.27. The normalized spacial score (nSPS) is 14.2. The van der Waals surface area contributed by atoms with Gasteiger partial charge in [0.25, 0.3) is 0 Å². The zero-order valence-electron chi connectivity index (χ0n) is 27.9. The minimum absolute atomic E-state index is 0.187. The van der Waals surface area contributed by atoms with Gasteiger partial charge in [-0.3, -0.25) is 18.6 Å². The molecule has 0 aromatic carbocycles. The second kappa shape index (κ2) is 30.6. The number of rotatable bonds is 33. The smallest absolute Gasteiger partial charge is 0.457 e. The van der Waals surface area contributed by atoms with Crippen molar-refractivity contribution in [3.8, 4) is 0 Å². The van der Waals surface area contributed by atoms with Gasteiger partial charge in [-0.1, -0.05) is 136 Å². The van der Waals surface area contributed by atoms with Crippen molar-refractivity contribution in [3.05, 3.63) is 0 Å². The first-order valence-electron chi connectivity index (χ1n) is 17.5. The molecule has 0 aliphatic heterocycles. The number of hydrogen-bond donors (Lipinski definition) is 3. The molecule has 0 aliphatic rings. The maximum absolute atomic E-state index is 12.2. The Bertz CT molecular complexity index is 721. The van der Waals surface area contributed by atoms with Crippen LogP contribution in [0.1, 0.15) is 162 Å². The molecule has 0 aromatic heterocycles. The average Bonchev–Trinajstić information content (AvgIpc) is 3.01. The van der Waals surface area contributed by atoms with Crippen LogP contribution in [0, 0.1) is 0 Å². The lowest BCUT2D eigenvalue weighted by molar-refractivity contribution is -0.153. The van der Waals surface area contributed by atoms with Crippen LogP contribution in [-0.2, 0) is 32.7 Å². The van der Waals surface area contributed by atoms with Gasteiger partial charge in [0.05, 0.1) is 26.4 Å². The predicted octanol–water partition coefficient (Wildman–Crippen LogP) is 7.94. The molecule has 10 nitrogen and oxygen atoms in total. The SMILES string of the molecule is CCCCCCCCCCCCCCCCCCCC(=O)OC(CO)COP(=O)(O)OCC(CO)OC(=O)CCCCCC. The first-order valence-corrected chi connectivity index (χ1v) is 19.0. The van der Waals surface area contributed by atoms with Gasteiger partial charge in [-0.2, -0.15) is 0 Å². The number of hydrogen-bond acceptors (Lipinski definition) is 9. The van der Waals surface area contributed by atoms with Crippen molar-refractivity contribution < 1.29 is 47.8 Å². The summed E-state index contributed by atoms with van der Waals surface area (Å²) in [5, 5.41) is 18.9. The molecular weight excluding hydrogens is 587 g/mol. The Morgan fingerprint density at radius 1 is 0.523 bits per heavy atom. The molecule has 44 heavy (non-hydrogen) atoms. The molecule has 0 aliphatic carbocycles. The summed E-state index contributed by atoms with van der Waals surface area (Å²) >= 11 is 0. The molecule has 0 spiro atoms. The van der Waals surface area contributed by atoms with Crippen molar-refractivity contribution in [3.63, 3.8) is 0 Å². The fourth-order valence-corrected chi connectivity index (χ4v) is 5.60. The van der Waals surface area contributed by atoms with Gasteiger partial charge < -0.3 is 24.6 Å². The summed E-state index contributed by atoms with van der Waals surface area (Å²) in [6, 6.07) is 0. The topological polar surface area (TPSA) is 149 Å². The molecule has 3 N–H and O–H groups in total. The van der Waals surface area contributed by atoms with Gasteiger partial charge in [-0.15, -0.1) is 0 Å². The lowest BCUT2D eigenvalue weighted by Gasteiger charge is -2.20. The van der Waals surface area contributed by atoms with Crippen molar-refractivity contribution in [2.75, 3.05) is 26.4 Å². The van der Waals surface area contributed by atoms with Gasteiger partial charge in [0.2, 0.25) is 0 Å². The number of ether oxygens (including phenoxy) is 2. The molecule has 0 saturated carbocycles. The highest BCUT2D eigenvalue weighted by Crippen LogP contribution is 2.43. The van der Waals surface area contributed by atoms with E-state index in [0.717, 1.165) is 38.5 Å². The molecule has 262 valence electrons. The lowest BCUT2D eigenvalue weighted by Crippen LogP contribution is -2.28. The third-order valence-electron chi connectivity index (χ3n) is 7.57. The molecule has 0 rings (SSSR count). The first-order chi connectivity index (χ1) is 21.3. The number of esters is 2. The maximum atomic E-state index is 12.2. The molecule has 0 bridgehead atoms. The Hall–Kier alpha value is -1.03. The van der Waals surface area contributed by atoms with Crippen LogP contribution < -0.4 is 0 Å². The molecule has 0 aromatic rings. The first kappa shape index (κ1) is 43.0. The molecule has 3 unspecified atom stereocenters. The third kappa shape index (κ3) is 28.4. The highest BCUT2D eigenvalue weighted by molar-refractivity contribution is 7.47. The quantitative estimate of drug-likeness (QED) is 0.0362. The monoisotopic (exact) mass is 652 g/mol. The fourth-order valence-electron chi connectivity index (χ4n) is 4.82. The van der Waals surface area contributed by atoms with E-state index in [1.165, 1.54) is 83.5 Å². The molecule has 0 amide bonds. The molecule has 0 fully saturated rings. The van der Waals surface area contributed by atoms with Crippen molar-refractivity contribution in [1.82, 2.24) is 0 Å². The summed E-state index contributed by atoms with van der Waals surface area (Å²) < 4.78 is 32.1. The van der Waals surface area contributed by atoms with Crippen molar-refractivity contribution in [2.24, 2.45) is 0 Å². The van der Waals surface area contributed by atoms with Gasteiger partial charge >= 0.3 is 19.8 Å². The van der Waals surface area contributed by atoms with Crippen LogP contribution in [0.2, 0.25) is 0 Å². The van der Waals surface area contributed by atoms with Crippen molar-refractivity contribution in [1.29, 1.82) is 0 Å². The second-order valence-corrected chi connectivity index (χ2v) is 13.3. The summed E-state index contributed by atoms with van der Waals surface area (Å²) in [4.78, 5) is 33.9. The fraction of sp³-hybridized carbons (Fsp3) is 0.939. The summed E-state index contributed by atoms with van der Waals surface area (Å²) in [6.45, 7) is 2.05. The van der Waals surface area contributed by atoms with Crippen LogP contribution in [0.5, 0.6) is 0 Å². The largest absolute Gasteiger partial charge is 0.472 e. The van der Waals surface area contributed by atoms with E-state index in [1.807, 2.05) is 0 Å². The number of aliphatic hydroxyl groups excluding tert-OH is 2. The second-order valence-electron chi connectivity index (χ2n) is 11.9. The number of phosphoric ester groups is 1. The van der Waals surface area contributed by atoms with Crippen LogP contribution in [0.25, 0.3) is 0 Å². The number of carbonyl (C=O) groups is 2. The van der Waals surface area contributed by atoms with Crippen molar-refractivity contribution >= 4 is 19.8 Å². The van der Waals surface area contributed by atoms with Gasteiger partial charge in [0.1, 0.15) is 12.2 Å². The van der Waals surface area contributed by atoms with Gasteiger partial charge in [-0.05, 0) is 12.8 Å². The Kier molecular flexibility index (Phi) is 29.9. The van der Waals surface area contributed by atoms with E-state index >= 15 is 0 Å². The molecular formula is C33H65O10P. The zero-order valence-corrected chi connectivity index (χ0v) is 28.8. The number of aliphatic hydroxyl groups is 2. The Labute approximate surface area is 267 Å².